The number of hydrogen-bond acceptors (Lipinski definition) is 5. The van der Waals surface area contributed by atoms with E-state index in [1.54, 1.807) is 12.4 Å². The van der Waals surface area contributed by atoms with Crippen molar-refractivity contribution in [3.05, 3.63) is 53.1 Å². The lowest BCUT2D eigenvalue weighted by molar-refractivity contribution is 0.0737. The molecule has 2 aliphatic rings. The van der Waals surface area contributed by atoms with Crippen molar-refractivity contribution in [3.63, 3.8) is 0 Å². The summed E-state index contributed by atoms with van der Waals surface area (Å²) >= 11 is 0. The van der Waals surface area contributed by atoms with Gasteiger partial charge in [0.25, 0.3) is 11.6 Å². The number of carbonyl (C=O) groups excluding carboxylic acids is 1. The molecule has 0 bridgehead atoms. The van der Waals surface area contributed by atoms with Crippen LogP contribution in [0.5, 0.6) is 0 Å². The fourth-order valence-electron chi connectivity index (χ4n) is 4.24. The molecule has 2 fully saturated rings. The Kier molecular flexibility index (Phi) is 4.14. The number of fused-ring (bicyclic) bond motifs is 1. The summed E-state index contributed by atoms with van der Waals surface area (Å²) < 4.78 is 5.55. The van der Waals surface area contributed by atoms with Gasteiger partial charge in [-0.3, -0.25) is 9.78 Å². The Labute approximate surface area is 163 Å². The molecule has 3 aromatic heterocycles. The molecule has 28 heavy (non-hydrogen) atoms. The molecule has 1 saturated carbocycles. The maximum absolute atomic E-state index is 13.7. The van der Waals surface area contributed by atoms with Gasteiger partial charge in [0, 0.05) is 30.6 Å². The van der Waals surface area contributed by atoms with Gasteiger partial charge >= 0.3 is 0 Å². The normalized spacial score (nSPS) is 19.7. The van der Waals surface area contributed by atoms with Crippen LogP contribution in [0, 0.1) is 0 Å². The minimum Gasteiger partial charge on any atom is -0.335 e. The first-order valence-electron chi connectivity index (χ1n) is 10.1. The standard InChI is InChI=1S/C22H24N4O2/c1-13(2)20-19-16(12-17(14-5-6-14)24-21(19)28-25-20)22(27)26-11-3-4-18(26)15-7-9-23-10-8-15/h7-10,12-14,18H,3-6,11H2,1-2H3. The van der Waals surface area contributed by atoms with Gasteiger partial charge < -0.3 is 9.42 Å². The summed E-state index contributed by atoms with van der Waals surface area (Å²) in [4.78, 5) is 24.5. The first-order chi connectivity index (χ1) is 13.6. The summed E-state index contributed by atoms with van der Waals surface area (Å²) in [5, 5.41) is 5.03. The van der Waals surface area contributed by atoms with Crippen LogP contribution in [0.4, 0.5) is 0 Å². The van der Waals surface area contributed by atoms with Crippen LogP contribution in [0.15, 0.2) is 35.1 Å². The van der Waals surface area contributed by atoms with Crippen LogP contribution in [0.2, 0.25) is 0 Å². The molecule has 1 amide bonds. The fourth-order valence-corrected chi connectivity index (χ4v) is 4.24. The quantitative estimate of drug-likeness (QED) is 0.666. The molecule has 1 atom stereocenters. The second-order valence-electron chi connectivity index (χ2n) is 8.21. The number of aromatic nitrogens is 3. The van der Waals surface area contributed by atoms with Crippen LogP contribution in [0.3, 0.4) is 0 Å². The van der Waals surface area contributed by atoms with E-state index >= 15 is 0 Å². The molecule has 6 heteroatoms. The molecule has 1 aliphatic carbocycles. The van der Waals surface area contributed by atoms with E-state index in [9.17, 15) is 4.79 Å². The zero-order valence-corrected chi connectivity index (χ0v) is 16.3. The van der Waals surface area contributed by atoms with Gasteiger partial charge in [0.05, 0.1) is 22.7 Å². The van der Waals surface area contributed by atoms with Crippen LogP contribution in [-0.2, 0) is 0 Å². The van der Waals surface area contributed by atoms with Crippen molar-refractivity contribution in [2.75, 3.05) is 6.54 Å². The maximum atomic E-state index is 13.7. The Morgan fingerprint density at radius 2 is 2.00 bits per heavy atom. The molecule has 3 aromatic rings. The van der Waals surface area contributed by atoms with Gasteiger partial charge in [-0.25, -0.2) is 4.98 Å². The van der Waals surface area contributed by atoms with Crippen LogP contribution in [0.25, 0.3) is 11.1 Å². The van der Waals surface area contributed by atoms with E-state index < -0.39 is 0 Å². The lowest BCUT2D eigenvalue weighted by atomic mass is 10.00. The third-order valence-corrected chi connectivity index (χ3v) is 5.87. The Morgan fingerprint density at radius 1 is 1.21 bits per heavy atom. The van der Waals surface area contributed by atoms with Crippen molar-refractivity contribution in [1.82, 2.24) is 20.0 Å². The van der Waals surface area contributed by atoms with Crippen molar-refractivity contribution in [2.24, 2.45) is 0 Å². The Balaban J connectivity index is 1.61. The molecule has 5 rings (SSSR count). The summed E-state index contributed by atoms with van der Waals surface area (Å²) in [7, 11) is 0. The van der Waals surface area contributed by atoms with E-state index in [-0.39, 0.29) is 17.9 Å². The van der Waals surface area contributed by atoms with E-state index in [0.717, 1.165) is 54.6 Å². The smallest absolute Gasteiger partial charge is 0.259 e. The SMILES string of the molecule is CC(C)c1noc2nc(C3CC3)cc(C(=O)N3CCCC3c3ccncc3)c12. The Morgan fingerprint density at radius 3 is 2.71 bits per heavy atom. The number of hydrogen-bond donors (Lipinski definition) is 0. The van der Waals surface area contributed by atoms with E-state index in [1.165, 1.54) is 0 Å². The van der Waals surface area contributed by atoms with E-state index in [1.807, 2.05) is 23.1 Å². The van der Waals surface area contributed by atoms with Crippen molar-refractivity contribution >= 4 is 17.0 Å². The molecular formula is C22H24N4O2. The average molecular weight is 376 g/mol. The van der Waals surface area contributed by atoms with Crippen molar-refractivity contribution in [3.8, 4) is 0 Å². The van der Waals surface area contributed by atoms with Gasteiger partial charge in [-0.15, -0.1) is 0 Å². The molecule has 0 N–H and O–H groups in total. The zero-order valence-electron chi connectivity index (χ0n) is 16.3. The van der Waals surface area contributed by atoms with Crippen molar-refractivity contribution in [1.29, 1.82) is 0 Å². The van der Waals surface area contributed by atoms with Gasteiger partial charge in [-0.2, -0.15) is 0 Å². The van der Waals surface area contributed by atoms with E-state index in [0.29, 0.717) is 17.2 Å². The molecule has 1 unspecified atom stereocenters. The molecule has 6 nitrogen and oxygen atoms in total. The second-order valence-corrected chi connectivity index (χ2v) is 8.21. The molecule has 144 valence electrons. The topological polar surface area (TPSA) is 72.1 Å². The first kappa shape index (κ1) is 17.3. The van der Waals surface area contributed by atoms with Gasteiger partial charge in [0.1, 0.15) is 0 Å². The van der Waals surface area contributed by atoms with Crippen molar-refractivity contribution < 1.29 is 9.32 Å². The molecule has 1 aliphatic heterocycles. The van der Waals surface area contributed by atoms with Crippen LogP contribution in [-0.4, -0.2) is 32.5 Å². The highest BCUT2D eigenvalue weighted by molar-refractivity contribution is 6.06. The predicted octanol–water partition coefficient (Wildman–Crippen LogP) is 4.60. The lowest BCUT2D eigenvalue weighted by Crippen LogP contribution is -2.31. The lowest BCUT2D eigenvalue weighted by Gasteiger charge is -2.25. The number of amides is 1. The van der Waals surface area contributed by atoms with Crippen LogP contribution in [0.1, 0.15) is 84.7 Å². The molecule has 0 spiro atoms. The zero-order chi connectivity index (χ0) is 19.3. The molecule has 4 heterocycles. The first-order valence-corrected chi connectivity index (χ1v) is 10.1. The number of pyridine rings is 2. The van der Waals surface area contributed by atoms with Crippen LogP contribution >= 0.6 is 0 Å². The van der Waals surface area contributed by atoms with Crippen molar-refractivity contribution in [2.45, 2.75) is 57.4 Å². The summed E-state index contributed by atoms with van der Waals surface area (Å²) in [5.41, 5.74) is 4.10. The van der Waals surface area contributed by atoms with Gasteiger partial charge in [-0.05, 0) is 55.4 Å². The van der Waals surface area contributed by atoms with Gasteiger partial charge in [0.2, 0.25) is 0 Å². The highest BCUT2D eigenvalue weighted by Gasteiger charge is 2.35. The molecule has 1 saturated heterocycles. The van der Waals surface area contributed by atoms with E-state index in [2.05, 4.69) is 29.0 Å². The van der Waals surface area contributed by atoms with E-state index in [4.69, 9.17) is 4.52 Å². The Hall–Kier alpha value is -2.76. The third-order valence-electron chi connectivity index (χ3n) is 5.87. The van der Waals surface area contributed by atoms with Gasteiger partial charge in [0.15, 0.2) is 0 Å². The predicted molar refractivity (Wildman–Crippen MR) is 105 cm³/mol. The highest BCUT2D eigenvalue weighted by Crippen LogP contribution is 2.42. The molecule has 0 aromatic carbocycles. The number of carbonyl (C=O) groups is 1. The summed E-state index contributed by atoms with van der Waals surface area (Å²) in [6.07, 6.45) is 7.82. The Bertz CT molecular complexity index is 1020. The summed E-state index contributed by atoms with van der Waals surface area (Å²) in [5.74, 6) is 0.660. The highest BCUT2D eigenvalue weighted by atomic mass is 16.5. The third kappa shape index (κ3) is 2.87. The largest absolute Gasteiger partial charge is 0.335 e. The minimum absolute atomic E-state index is 0.0544. The minimum atomic E-state index is 0.0544. The fraction of sp³-hybridized carbons (Fsp3) is 0.455. The number of likely N-dealkylation sites (tertiary alicyclic amines) is 1. The number of rotatable bonds is 4. The summed E-state index contributed by atoms with van der Waals surface area (Å²) in [6, 6.07) is 6.10. The average Bonchev–Trinajstić information content (AvgIpc) is 3.28. The van der Waals surface area contributed by atoms with Gasteiger partial charge in [-0.1, -0.05) is 19.0 Å². The number of nitrogens with zero attached hydrogens (tertiary/aromatic N) is 4. The maximum Gasteiger partial charge on any atom is 0.259 e. The monoisotopic (exact) mass is 376 g/mol. The summed E-state index contributed by atoms with van der Waals surface area (Å²) in [6.45, 7) is 4.89. The molecule has 0 radical (unpaired) electrons. The van der Waals surface area contributed by atoms with Crippen LogP contribution < -0.4 is 0 Å². The second kappa shape index (κ2) is 6.69. The molecular weight excluding hydrogens is 352 g/mol.